The highest BCUT2D eigenvalue weighted by molar-refractivity contribution is 5.74. The Kier molecular flexibility index (Phi) is 3.87. The van der Waals surface area contributed by atoms with Crippen LogP contribution < -0.4 is 0 Å². The van der Waals surface area contributed by atoms with E-state index in [9.17, 15) is 0 Å². The van der Waals surface area contributed by atoms with Gasteiger partial charge in [-0.2, -0.15) is 0 Å². The highest BCUT2D eigenvalue weighted by Gasteiger charge is 2.10. The number of rotatable bonds is 2. The Hall–Kier alpha value is -2.35. The van der Waals surface area contributed by atoms with E-state index in [1.807, 2.05) is 18.2 Å². The van der Waals surface area contributed by atoms with Crippen molar-refractivity contribution in [2.45, 2.75) is 26.7 Å². The van der Waals surface area contributed by atoms with Gasteiger partial charge in [0.2, 0.25) is 0 Å². The van der Waals surface area contributed by atoms with Gasteiger partial charge in [0.15, 0.2) is 0 Å². The summed E-state index contributed by atoms with van der Waals surface area (Å²) < 4.78 is 0. The van der Waals surface area contributed by atoms with E-state index >= 15 is 0 Å². The minimum atomic E-state index is 0.938. The Balaban J connectivity index is 2.01. The number of hydrogen-bond donors (Lipinski definition) is 1. The predicted octanol–water partition coefficient (Wildman–Crippen LogP) is 5.06. The summed E-state index contributed by atoms with van der Waals surface area (Å²) in [4.78, 5) is 8.21. The van der Waals surface area contributed by atoms with Crippen LogP contribution >= 0.6 is 0 Å². The van der Waals surface area contributed by atoms with Crippen molar-refractivity contribution in [3.05, 3.63) is 71.7 Å². The zero-order valence-electron chi connectivity index (χ0n) is 12.6. The van der Waals surface area contributed by atoms with Crippen LogP contribution in [0.4, 0.5) is 0 Å². The lowest BCUT2D eigenvalue weighted by molar-refractivity contribution is 0.975. The fourth-order valence-electron chi connectivity index (χ4n) is 2.52. The van der Waals surface area contributed by atoms with Gasteiger partial charge in [0.25, 0.3) is 0 Å². The average molecular weight is 276 g/mol. The number of aromatic amines is 1. The zero-order valence-corrected chi connectivity index (χ0v) is 12.6. The molecular weight excluding hydrogens is 256 g/mol. The Morgan fingerprint density at radius 2 is 1.86 bits per heavy atom. The second kappa shape index (κ2) is 5.96. The van der Waals surface area contributed by atoms with Gasteiger partial charge in [-0.25, -0.2) is 4.98 Å². The lowest BCUT2D eigenvalue weighted by atomic mass is 10.1. The second-order valence-electron chi connectivity index (χ2n) is 5.50. The van der Waals surface area contributed by atoms with Crippen LogP contribution in [0.5, 0.6) is 0 Å². The predicted molar refractivity (Wildman–Crippen MR) is 88.9 cm³/mol. The molecule has 0 radical (unpaired) electrons. The van der Waals surface area contributed by atoms with Gasteiger partial charge in [-0.3, -0.25) is 0 Å². The van der Waals surface area contributed by atoms with E-state index in [1.54, 1.807) is 0 Å². The number of aromatic nitrogens is 2. The molecule has 0 aliphatic heterocycles. The lowest BCUT2D eigenvalue weighted by Gasteiger charge is -2.03. The fourth-order valence-corrected chi connectivity index (χ4v) is 2.52. The highest BCUT2D eigenvalue weighted by Crippen LogP contribution is 2.25. The van der Waals surface area contributed by atoms with Crippen LogP contribution in [0.3, 0.4) is 0 Å². The number of aryl methyl sites for hydroxylation is 1. The average Bonchev–Trinajstić information content (AvgIpc) is 2.86. The molecule has 2 heteroatoms. The molecule has 0 unspecified atom stereocenters. The van der Waals surface area contributed by atoms with E-state index in [-0.39, 0.29) is 0 Å². The largest absolute Gasteiger partial charge is 0.342 e. The number of nitrogens with one attached hydrogen (secondary N) is 1. The molecule has 3 rings (SSSR count). The van der Waals surface area contributed by atoms with Crippen molar-refractivity contribution < 1.29 is 0 Å². The Bertz CT molecular complexity index is 715. The summed E-state index contributed by atoms with van der Waals surface area (Å²) in [5.74, 6) is 0.938. The molecule has 0 atom stereocenters. The smallest absolute Gasteiger partial charge is 0.138 e. The summed E-state index contributed by atoms with van der Waals surface area (Å²) in [7, 11) is 0. The van der Waals surface area contributed by atoms with Gasteiger partial charge >= 0.3 is 0 Å². The molecule has 0 amide bonds. The van der Waals surface area contributed by atoms with Gasteiger partial charge in [-0.15, -0.1) is 0 Å². The summed E-state index contributed by atoms with van der Waals surface area (Å²) in [6.07, 6.45) is 11.0. The normalized spacial score (nSPS) is 21.6. The molecule has 1 aromatic carbocycles. The monoisotopic (exact) mass is 276 g/mol. The number of nitrogens with zero attached hydrogens (tertiary/aromatic N) is 1. The van der Waals surface area contributed by atoms with Crippen LogP contribution in [-0.2, 0) is 0 Å². The summed E-state index contributed by atoms with van der Waals surface area (Å²) in [6, 6.07) is 10.3. The first kappa shape index (κ1) is 13.6. The van der Waals surface area contributed by atoms with E-state index in [2.05, 4.69) is 55.3 Å². The third-order valence-electron chi connectivity index (χ3n) is 3.76. The van der Waals surface area contributed by atoms with Crippen molar-refractivity contribution in [2.24, 2.45) is 0 Å². The van der Waals surface area contributed by atoms with Crippen LogP contribution in [0, 0.1) is 6.92 Å². The number of benzene rings is 1. The van der Waals surface area contributed by atoms with Crippen molar-refractivity contribution in [1.29, 1.82) is 0 Å². The van der Waals surface area contributed by atoms with Crippen LogP contribution in [0.2, 0.25) is 0 Å². The van der Waals surface area contributed by atoms with Gasteiger partial charge in [0.05, 0.1) is 5.69 Å². The molecule has 1 aliphatic rings. The van der Waals surface area contributed by atoms with E-state index in [0.717, 1.165) is 41.2 Å². The SMILES string of the molecule is C/C1=C/C=C(c2nc(-c3ccccc3)c(C)[nH]2)\C=C/CC1. The first-order valence-corrected chi connectivity index (χ1v) is 7.40. The van der Waals surface area contributed by atoms with Crippen molar-refractivity contribution in [2.75, 3.05) is 0 Å². The number of hydrogen-bond acceptors (Lipinski definition) is 1. The van der Waals surface area contributed by atoms with E-state index in [4.69, 9.17) is 4.98 Å². The molecule has 1 N–H and O–H groups in total. The Labute approximate surface area is 125 Å². The summed E-state index contributed by atoms with van der Waals surface area (Å²) in [6.45, 7) is 4.25. The van der Waals surface area contributed by atoms with Gasteiger partial charge in [-0.05, 0) is 26.7 Å². The minimum Gasteiger partial charge on any atom is -0.342 e. The molecule has 21 heavy (non-hydrogen) atoms. The van der Waals surface area contributed by atoms with Crippen LogP contribution in [0.25, 0.3) is 16.8 Å². The van der Waals surface area contributed by atoms with Gasteiger partial charge < -0.3 is 4.98 Å². The molecule has 0 saturated heterocycles. The second-order valence-corrected chi connectivity index (χ2v) is 5.50. The summed E-state index contributed by atoms with van der Waals surface area (Å²) in [5, 5.41) is 0. The van der Waals surface area contributed by atoms with Crippen LogP contribution in [0.15, 0.2) is 60.2 Å². The number of H-pyrrole nitrogens is 1. The third-order valence-corrected chi connectivity index (χ3v) is 3.76. The first-order valence-electron chi connectivity index (χ1n) is 7.40. The summed E-state index contributed by atoms with van der Waals surface area (Å²) >= 11 is 0. The number of imidazole rings is 1. The molecule has 1 heterocycles. The van der Waals surface area contributed by atoms with Crippen molar-refractivity contribution in [3.8, 4) is 11.3 Å². The van der Waals surface area contributed by atoms with Gasteiger partial charge in [-0.1, -0.05) is 60.2 Å². The van der Waals surface area contributed by atoms with Crippen LogP contribution in [-0.4, -0.2) is 9.97 Å². The molecule has 0 spiro atoms. The summed E-state index contributed by atoms with van der Waals surface area (Å²) in [5.41, 5.74) is 5.83. The van der Waals surface area contributed by atoms with Gasteiger partial charge in [0.1, 0.15) is 5.82 Å². The maximum atomic E-state index is 4.80. The quantitative estimate of drug-likeness (QED) is 0.815. The molecule has 0 fully saturated rings. The van der Waals surface area contributed by atoms with Crippen molar-refractivity contribution >= 4 is 5.57 Å². The maximum Gasteiger partial charge on any atom is 0.138 e. The van der Waals surface area contributed by atoms with Crippen molar-refractivity contribution in [1.82, 2.24) is 9.97 Å². The standard InChI is InChI=1S/C19H20N2/c1-14-8-6-7-11-17(13-12-14)19-20-15(2)18(21-19)16-9-4-3-5-10-16/h3-5,7,9-13H,6,8H2,1-2H3,(H,20,21)/b11-7-,14-12-,17-13+. The number of allylic oxidation sites excluding steroid dienone is 6. The van der Waals surface area contributed by atoms with Crippen molar-refractivity contribution in [3.63, 3.8) is 0 Å². The van der Waals surface area contributed by atoms with E-state index < -0.39 is 0 Å². The Morgan fingerprint density at radius 3 is 2.67 bits per heavy atom. The molecule has 0 saturated carbocycles. The van der Waals surface area contributed by atoms with E-state index in [1.165, 1.54) is 5.57 Å². The molecule has 1 aliphatic carbocycles. The first-order chi connectivity index (χ1) is 10.2. The molecule has 2 nitrogen and oxygen atoms in total. The van der Waals surface area contributed by atoms with Crippen LogP contribution in [0.1, 0.15) is 31.3 Å². The maximum absolute atomic E-state index is 4.80. The lowest BCUT2D eigenvalue weighted by Crippen LogP contribution is -1.87. The highest BCUT2D eigenvalue weighted by atomic mass is 14.9. The molecule has 2 aromatic rings. The molecule has 0 bridgehead atoms. The van der Waals surface area contributed by atoms with E-state index in [0.29, 0.717) is 0 Å². The van der Waals surface area contributed by atoms with Gasteiger partial charge in [0, 0.05) is 16.8 Å². The zero-order chi connectivity index (χ0) is 14.7. The fraction of sp³-hybridized carbons (Fsp3) is 0.211. The third kappa shape index (κ3) is 3.05. The Morgan fingerprint density at radius 1 is 1.05 bits per heavy atom. The molecule has 106 valence electrons. The minimum absolute atomic E-state index is 0.938. The molecule has 1 aromatic heterocycles. The topological polar surface area (TPSA) is 28.7 Å². The molecular formula is C19H20N2.